The predicted molar refractivity (Wildman–Crippen MR) is 139 cm³/mol. The van der Waals surface area contributed by atoms with Crippen LogP contribution in [0.1, 0.15) is 54.1 Å². The number of aromatic nitrogens is 4. The fraction of sp³-hybridized carbons (Fsp3) is 0.357. The zero-order valence-corrected chi connectivity index (χ0v) is 20.9. The maximum absolute atomic E-state index is 13.0. The summed E-state index contributed by atoms with van der Waals surface area (Å²) in [6.45, 7) is 5.97. The fourth-order valence-electron chi connectivity index (χ4n) is 4.86. The highest BCUT2D eigenvalue weighted by Crippen LogP contribution is 2.27. The molecule has 1 aliphatic rings. The number of hydrogen-bond donors (Lipinski definition) is 1. The third-order valence-corrected chi connectivity index (χ3v) is 6.88. The van der Waals surface area contributed by atoms with Crippen LogP contribution in [0, 0.1) is 0 Å². The Morgan fingerprint density at radius 2 is 1.94 bits per heavy atom. The van der Waals surface area contributed by atoms with Crippen LogP contribution in [-0.4, -0.2) is 56.6 Å². The van der Waals surface area contributed by atoms with Crippen LogP contribution in [0.2, 0.25) is 0 Å². The van der Waals surface area contributed by atoms with Gasteiger partial charge in [-0.3, -0.25) is 9.36 Å². The monoisotopic (exact) mass is 485 g/mol. The van der Waals surface area contributed by atoms with Gasteiger partial charge in [0, 0.05) is 31.3 Å². The van der Waals surface area contributed by atoms with Gasteiger partial charge >= 0.3 is 5.69 Å². The molecule has 1 aliphatic heterocycles. The van der Waals surface area contributed by atoms with Crippen molar-refractivity contribution in [2.45, 2.75) is 45.3 Å². The summed E-state index contributed by atoms with van der Waals surface area (Å²) >= 11 is 0. The van der Waals surface area contributed by atoms with Crippen molar-refractivity contribution in [3.63, 3.8) is 0 Å². The summed E-state index contributed by atoms with van der Waals surface area (Å²) in [5, 5.41) is 0. The second-order valence-electron chi connectivity index (χ2n) is 9.64. The fourth-order valence-corrected chi connectivity index (χ4v) is 4.86. The van der Waals surface area contributed by atoms with Crippen LogP contribution in [0.25, 0.3) is 22.6 Å². The van der Waals surface area contributed by atoms with Gasteiger partial charge in [-0.1, -0.05) is 50.2 Å². The smallest absolute Gasteiger partial charge is 0.328 e. The van der Waals surface area contributed by atoms with Crippen molar-refractivity contribution in [1.82, 2.24) is 24.4 Å². The zero-order chi connectivity index (χ0) is 25.2. The quantitative estimate of drug-likeness (QED) is 0.442. The first kappa shape index (κ1) is 23.9. The molecule has 3 heterocycles. The number of ether oxygens (including phenoxy) is 1. The Morgan fingerprint density at radius 3 is 2.69 bits per heavy atom. The number of aromatic amines is 1. The maximum atomic E-state index is 13.0. The predicted octanol–water partition coefficient (Wildman–Crippen LogP) is 4.21. The molecule has 1 atom stereocenters. The van der Waals surface area contributed by atoms with Gasteiger partial charge in [-0.25, -0.2) is 14.8 Å². The molecule has 8 nitrogen and oxygen atoms in total. The van der Waals surface area contributed by atoms with Crippen molar-refractivity contribution in [2.75, 3.05) is 20.2 Å². The van der Waals surface area contributed by atoms with Crippen LogP contribution in [0.5, 0.6) is 0 Å². The van der Waals surface area contributed by atoms with E-state index < -0.39 is 0 Å². The van der Waals surface area contributed by atoms with Crippen LogP contribution in [0.15, 0.2) is 59.5 Å². The topological polar surface area (TPSA) is 93.1 Å². The average Bonchev–Trinajstić information content (AvgIpc) is 3.22. The normalized spacial score (nSPS) is 16.1. The summed E-state index contributed by atoms with van der Waals surface area (Å²) in [5.74, 6) is 0.922. The number of hydrogen-bond acceptors (Lipinski definition) is 5. The number of imidazole rings is 1. The molecule has 36 heavy (non-hydrogen) atoms. The van der Waals surface area contributed by atoms with Crippen LogP contribution in [-0.2, 0) is 11.3 Å². The van der Waals surface area contributed by atoms with Crippen LogP contribution >= 0.6 is 0 Å². The minimum absolute atomic E-state index is 0.00811. The van der Waals surface area contributed by atoms with E-state index in [2.05, 4.69) is 29.9 Å². The molecule has 1 fully saturated rings. The standard InChI is InChI=1S/C28H31N5O3/c1-18(2)22-8-4-5-9-23(22)25-29-15-24-26(31-25)33(28(35)30-24)16-19-10-12-20(13-11-19)27(34)32-14-6-7-21(17-32)36-3/h4-5,8-13,15,18,21H,6-7,14,16-17H2,1-3H3,(H,30,35)/t21-/m0/s1. The third kappa shape index (κ3) is 4.68. The summed E-state index contributed by atoms with van der Waals surface area (Å²) in [6, 6.07) is 15.5. The van der Waals surface area contributed by atoms with Crippen molar-refractivity contribution in [1.29, 1.82) is 0 Å². The summed E-state index contributed by atoms with van der Waals surface area (Å²) in [7, 11) is 1.69. The number of carbonyl (C=O) groups is 1. The van der Waals surface area contributed by atoms with Crippen molar-refractivity contribution in [3.8, 4) is 11.4 Å². The number of nitrogens with one attached hydrogen (secondary N) is 1. The largest absolute Gasteiger partial charge is 0.380 e. The number of H-pyrrole nitrogens is 1. The van der Waals surface area contributed by atoms with Crippen LogP contribution < -0.4 is 5.69 Å². The van der Waals surface area contributed by atoms with Crippen LogP contribution in [0.4, 0.5) is 0 Å². The molecule has 0 saturated carbocycles. The molecule has 0 bridgehead atoms. The lowest BCUT2D eigenvalue weighted by atomic mass is 9.97. The number of carbonyl (C=O) groups excluding carboxylic acids is 1. The molecule has 5 rings (SSSR count). The van der Waals surface area contributed by atoms with Gasteiger partial charge in [0.25, 0.3) is 5.91 Å². The number of amides is 1. The Morgan fingerprint density at radius 1 is 1.17 bits per heavy atom. The van der Waals surface area contributed by atoms with Gasteiger partial charge in [-0.2, -0.15) is 0 Å². The Hall–Kier alpha value is -3.78. The number of fused-ring (bicyclic) bond motifs is 1. The molecule has 186 valence electrons. The molecular weight excluding hydrogens is 454 g/mol. The summed E-state index contributed by atoms with van der Waals surface area (Å²) in [5.41, 5.74) is 4.58. The molecule has 0 unspecified atom stereocenters. The van der Waals surface area contributed by atoms with Crippen molar-refractivity contribution in [2.24, 2.45) is 0 Å². The first-order valence-electron chi connectivity index (χ1n) is 12.4. The number of benzene rings is 2. The molecular formula is C28H31N5O3. The van der Waals surface area contributed by atoms with E-state index in [0.717, 1.165) is 36.1 Å². The summed E-state index contributed by atoms with van der Waals surface area (Å²) in [6.07, 6.45) is 3.68. The van der Waals surface area contributed by atoms with Crippen molar-refractivity contribution >= 4 is 17.1 Å². The molecule has 8 heteroatoms. The molecule has 4 aromatic rings. The van der Waals surface area contributed by atoms with E-state index in [1.54, 1.807) is 17.9 Å². The van der Waals surface area contributed by atoms with Gasteiger partial charge in [0.2, 0.25) is 0 Å². The van der Waals surface area contributed by atoms with Gasteiger partial charge in [-0.15, -0.1) is 0 Å². The van der Waals surface area contributed by atoms with Crippen LogP contribution in [0.3, 0.4) is 0 Å². The number of likely N-dealkylation sites (tertiary alicyclic amines) is 1. The minimum Gasteiger partial charge on any atom is -0.380 e. The van der Waals surface area contributed by atoms with Gasteiger partial charge in [0.05, 0.1) is 18.8 Å². The molecule has 2 aromatic heterocycles. The Labute approximate surface area is 210 Å². The van der Waals surface area contributed by atoms with Crippen molar-refractivity contribution < 1.29 is 9.53 Å². The molecule has 0 aliphatic carbocycles. The molecule has 1 amide bonds. The molecule has 0 radical (unpaired) electrons. The van der Waals surface area contributed by atoms with Crippen molar-refractivity contribution in [3.05, 3.63) is 81.9 Å². The zero-order valence-electron chi connectivity index (χ0n) is 20.9. The van der Waals surface area contributed by atoms with Gasteiger partial charge in [0.1, 0.15) is 5.52 Å². The Balaban J connectivity index is 1.41. The van der Waals surface area contributed by atoms with E-state index in [0.29, 0.717) is 41.6 Å². The Kier molecular flexibility index (Phi) is 6.69. The van der Waals surface area contributed by atoms with E-state index in [4.69, 9.17) is 9.72 Å². The first-order valence-corrected chi connectivity index (χ1v) is 12.4. The van der Waals surface area contributed by atoms with Gasteiger partial charge in [-0.05, 0) is 42.0 Å². The van der Waals surface area contributed by atoms with Gasteiger partial charge < -0.3 is 14.6 Å². The highest BCUT2D eigenvalue weighted by Gasteiger charge is 2.24. The Bertz CT molecular complexity index is 1440. The highest BCUT2D eigenvalue weighted by molar-refractivity contribution is 5.94. The molecule has 1 saturated heterocycles. The number of rotatable bonds is 6. The van der Waals surface area contributed by atoms with E-state index in [-0.39, 0.29) is 17.7 Å². The van der Waals surface area contributed by atoms with E-state index in [1.807, 2.05) is 47.4 Å². The lowest BCUT2D eigenvalue weighted by Crippen LogP contribution is -2.42. The van der Waals surface area contributed by atoms with E-state index >= 15 is 0 Å². The van der Waals surface area contributed by atoms with Gasteiger partial charge in [0.15, 0.2) is 11.5 Å². The average molecular weight is 486 g/mol. The molecule has 1 N–H and O–H groups in total. The number of piperidine rings is 1. The SMILES string of the molecule is CO[C@H]1CCCN(C(=O)c2ccc(Cn3c(=O)[nH]c4cnc(-c5ccccc5C(C)C)nc43)cc2)C1. The maximum Gasteiger partial charge on any atom is 0.328 e. The van der Waals surface area contributed by atoms with E-state index in [9.17, 15) is 9.59 Å². The third-order valence-electron chi connectivity index (χ3n) is 6.88. The molecule has 2 aromatic carbocycles. The second-order valence-corrected chi connectivity index (χ2v) is 9.64. The lowest BCUT2D eigenvalue weighted by molar-refractivity contribution is 0.0269. The number of methoxy groups -OCH3 is 1. The first-order chi connectivity index (χ1) is 17.4. The molecule has 0 spiro atoms. The van der Waals surface area contributed by atoms with E-state index in [1.165, 1.54) is 0 Å². The summed E-state index contributed by atoms with van der Waals surface area (Å²) < 4.78 is 7.06. The highest BCUT2D eigenvalue weighted by atomic mass is 16.5. The lowest BCUT2D eigenvalue weighted by Gasteiger charge is -2.32. The number of nitrogens with zero attached hydrogens (tertiary/aromatic N) is 4. The summed E-state index contributed by atoms with van der Waals surface area (Å²) in [4.78, 5) is 39.7. The second kappa shape index (κ2) is 10.1. The minimum atomic E-state index is -0.243.